The maximum absolute atomic E-state index is 11.4. The van der Waals surface area contributed by atoms with Gasteiger partial charge in [0, 0.05) is 43.3 Å². The average Bonchev–Trinajstić information content (AvgIpc) is 3.59. The van der Waals surface area contributed by atoms with E-state index in [4.69, 9.17) is 9.47 Å². The molecule has 1 aliphatic carbocycles. The van der Waals surface area contributed by atoms with Crippen LogP contribution in [-0.4, -0.2) is 87.0 Å². The van der Waals surface area contributed by atoms with Crippen molar-refractivity contribution in [1.29, 1.82) is 0 Å². The van der Waals surface area contributed by atoms with E-state index in [-0.39, 0.29) is 12.1 Å². The van der Waals surface area contributed by atoms with Crippen LogP contribution in [0.4, 0.5) is 4.79 Å². The number of benzene rings is 2. The van der Waals surface area contributed by atoms with Crippen molar-refractivity contribution in [2.45, 2.75) is 43.9 Å². The number of cyclic esters (lactones) is 1. The van der Waals surface area contributed by atoms with Gasteiger partial charge in [-0.2, -0.15) is 0 Å². The van der Waals surface area contributed by atoms with Gasteiger partial charge in [-0.15, -0.1) is 0 Å². The van der Waals surface area contributed by atoms with E-state index in [1.165, 1.54) is 44.3 Å². The smallest absolute Gasteiger partial charge is 0.407 e. The van der Waals surface area contributed by atoms with E-state index in [0.29, 0.717) is 6.61 Å². The molecule has 0 saturated carbocycles. The molecule has 2 aromatic carbocycles. The minimum atomic E-state index is -0.308. The number of quaternary nitrogens is 1. The normalized spacial score (nSPS) is 16.6. The van der Waals surface area contributed by atoms with Gasteiger partial charge in [0.2, 0.25) is 0 Å². The number of likely N-dealkylation sites (N-methyl/N-ethyl adjacent to an activating group) is 2. The summed E-state index contributed by atoms with van der Waals surface area (Å²) in [5.74, 6) is 0.944. The zero-order valence-electron chi connectivity index (χ0n) is 25.1. The molecule has 226 valence electrons. The van der Waals surface area contributed by atoms with Crippen LogP contribution in [0.15, 0.2) is 48.7 Å². The summed E-state index contributed by atoms with van der Waals surface area (Å²) in [4.78, 5) is 19.5. The van der Waals surface area contributed by atoms with Gasteiger partial charge >= 0.3 is 6.09 Å². The first-order chi connectivity index (χ1) is 20.5. The number of alkyl carbamates (subject to hydrolysis) is 1. The van der Waals surface area contributed by atoms with Crippen molar-refractivity contribution in [3.63, 3.8) is 0 Å². The molecular weight excluding hydrogens is 546 g/mol. The number of carbonyl (C=O) groups excluding carboxylic acids is 1. The Bertz CT molecular complexity index is 1370. The number of aryl methyl sites for hydroxylation is 1. The van der Waals surface area contributed by atoms with Crippen molar-refractivity contribution in [1.82, 2.24) is 20.1 Å². The number of hydrogen-bond acceptors (Lipinski definition) is 6. The molecule has 0 spiro atoms. The Morgan fingerprint density at radius 1 is 1.02 bits per heavy atom. The quantitative estimate of drug-likeness (QED) is 0.172. The molecule has 3 aromatic rings. The number of amides is 1. The molecule has 9 heteroatoms. The molecule has 1 aromatic heterocycles. The molecule has 1 saturated heterocycles. The molecule has 5 rings (SSSR count). The van der Waals surface area contributed by atoms with E-state index < -0.39 is 0 Å². The first-order valence-electron chi connectivity index (χ1n) is 15.1. The van der Waals surface area contributed by atoms with E-state index in [2.05, 4.69) is 88.0 Å². The van der Waals surface area contributed by atoms with E-state index >= 15 is 0 Å². The molecule has 2 aliphatic rings. The second kappa shape index (κ2) is 15.1. The third kappa shape index (κ3) is 8.39. The molecule has 8 nitrogen and oxygen atoms in total. The van der Waals surface area contributed by atoms with Crippen molar-refractivity contribution in [2.75, 3.05) is 60.1 Å². The van der Waals surface area contributed by atoms with E-state index in [0.717, 1.165) is 77.2 Å². The largest absolute Gasteiger partial charge is 0.447 e. The van der Waals surface area contributed by atoms with E-state index in [1.807, 2.05) is 0 Å². The number of hydrogen-bond donors (Lipinski definition) is 3. The van der Waals surface area contributed by atoms with Gasteiger partial charge in [0.15, 0.2) is 0 Å². The second-order valence-electron chi connectivity index (χ2n) is 11.7. The first kappa shape index (κ1) is 30.6. The average molecular weight is 593 g/mol. The van der Waals surface area contributed by atoms with Crippen LogP contribution in [0.2, 0.25) is 0 Å². The molecule has 42 heavy (non-hydrogen) atoms. The van der Waals surface area contributed by atoms with Gasteiger partial charge in [-0.25, -0.2) is 4.79 Å². The zero-order chi connectivity index (χ0) is 29.3. The molecular formula is C33H46N5O3S+. The SMILES string of the molecule is CN(CCOCCN(C)CCc1c[nH]c2ccc(CS[NH3+])cc12)CCC1=CCCc2ccc(C[C@H]3COC(=O)N3)cc21. The predicted octanol–water partition coefficient (Wildman–Crippen LogP) is 4.05. The summed E-state index contributed by atoms with van der Waals surface area (Å²) in [6.45, 7) is 5.81. The zero-order valence-corrected chi connectivity index (χ0v) is 25.9. The number of aromatic nitrogens is 1. The van der Waals surface area contributed by atoms with E-state index in [1.54, 1.807) is 11.9 Å². The lowest BCUT2D eigenvalue weighted by molar-refractivity contribution is -0.137. The lowest BCUT2D eigenvalue weighted by atomic mass is 9.87. The van der Waals surface area contributed by atoms with Gasteiger partial charge in [-0.05, 0) is 91.7 Å². The summed E-state index contributed by atoms with van der Waals surface area (Å²) in [5, 5.41) is 8.13. The summed E-state index contributed by atoms with van der Waals surface area (Å²) in [6.07, 6.45) is 9.31. The first-order valence-corrected chi connectivity index (χ1v) is 16.3. The van der Waals surface area contributed by atoms with Crippen LogP contribution in [0.3, 0.4) is 0 Å². The number of nitrogens with one attached hydrogen (secondary N) is 2. The summed E-state index contributed by atoms with van der Waals surface area (Å²) < 4.78 is 11.1. The van der Waals surface area contributed by atoms with Gasteiger partial charge < -0.3 is 29.6 Å². The molecule has 1 aliphatic heterocycles. The summed E-state index contributed by atoms with van der Waals surface area (Å²) in [6, 6.07) is 13.5. The van der Waals surface area contributed by atoms with Gasteiger partial charge in [-0.1, -0.05) is 30.3 Å². The molecule has 0 bridgehead atoms. The van der Waals surface area contributed by atoms with Crippen molar-refractivity contribution < 1.29 is 19.4 Å². The Hall–Kier alpha value is -2.82. The number of aromatic amines is 1. The molecule has 0 radical (unpaired) electrons. The molecule has 1 amide bonds. The Morgan fingerprint density at radius 2 is 1.81 bits per heavy atom. The summed E-state index contributed by atoms with van der Waals surface area (Å²) >= 11 is 1.62. The van der Waals surface area contributed by atoms with Gasteiger partial charge in [0.25, 0.3) is 0 Å². The Balaban J connectivity index is 0.986. The third-order valence-electron chi connectivity index (χ3n) is 8.41. The standard InChI is InChI=1S/C33H45N5O3S/c1-37(12-10-27-5-3-4-26-8-6-24(19-30(26)27)18-29-22-41-33(39)36-29)14-16-40-17-15-38(2)13-11-28-21-35-32-9-7-25(23-42-34)20-31(28)32/h5-9,19-21,29,35H,3-4,10-18,22-23,34H2,1-2H3,(H,36,39)/p+1/t29-/m0/s1. The van der Waals surface area contributed by atoms with Crippen LogP contribution < -0.4 is 10.5 Å². The second-order valence-corrected chi connectivity index (χ2v) is 12.4. The van der Waals surface area contributed by atoms with Crippen LogP contribution in [0.5, 0.6) is 0 Å². The van der Waals surface area contributed by atoms with Crippen molar-refractivity contribution in [2.24, 2.45) is 0 Å². The highest BCUT2D eigenvalue weighted by Crippen LogP contribution is 2.30. The van der Waals surface area contributed by atoms with Crippen molar-refractivity contribution in [3.8, 4) is 0 Å². The number of fused-ring (bicyclic) bond motifs is 2. The molecule has 5 N–H and O–H groups in total. The molecule has 2 heterocycles. The fourth-order valence-electron chi connectivity index (χ4n) is 5.87. The molecule has 1 atom stereocenters. The number of ether oxygens (including phenoxy) is 2. The maximum atomic E-state index is 11.4. The minimum absolute atomic E-state index is 0.0632. The monoisotopic (exact) mass is 592 g/mol. The van der Waals surface area contributed by atoms with Crippen LogP contribution >= 0.6 is 11.9 Å². The Morgan fingerprint density at radius 3 is 2.57 bits per heavy atom. The highest BCUT2D eigenvalue weighted by molar-refractivity contribution is 7.91. The highest BCUT2D eigenvalue weighted by Gasteiger charge is 2.23. The minimum Gasteiger partial charge on any atom is -0.447 e. The summed E-state index contributed by atoms with van der Waals surface area (Å²) in [5.41, 5.74) is 9.41. The van der Waals surface area contributed by atoms with Crippen molar-refractivity contribution in [3.05, 3.63) is 76.5 Å². The number of H-pyrrole nitrogens is 1. The molecule has 1 fully saturated rings. The third-order valence-corrected chi connectivity index (χ3v) is 8.94. The van der Waals surface area contributed by atoms with Gasteiger partial charge in [-0.3, -0.25) is 5.14 Å². The number of allylic oxidation sites excluding steroid dienone is 1. The topological polar surface area (TPSA) is 97.5 Å². The summed E-state index contributed by atoms with van der Waals surface area (Å²) in [7, 11) is 4.36. The lowest BCUT2D eigenvalue weighted by Gasteiger charge is -2.23. The fourth-order valence-corrected chi connectivity index (χ4v) is 6.28. The fraction of sp³-hybridized carbons (Fsp3) is 0.485. The number of carbonyl (C=O) groups is 1. The Labute approximate surface area is 254 Å². The predicted molar refractivity (Wildman–Crippen MR) is 171 cm³/mol. The van der Waals surface area contributed by atoms with Gasteiger partial charge in [0.05, 0.1) is 37.0 Å². The molecule has 0 unspecified atom stereocenters. The van der Waals surface area contributed by atoms with Crippen LogP contribution in [0, 0.1) is 0 Å². The van der Waals surface area contributed by atoms with Crippen molar-refractivity contribution >= 4 is 34.5 Å². The highest BCUT2D eigenvalue weighted by atomic mass is 32.2. The van der Waals surface area contributed by atoms with Crippen LogP contribution in [0.1, 0.15) is 40.7 Å². The maximum Gasteiger partial charge on any atom is 0.407 e. The Kier molecular flexibility index (Phi) is 11.0. The van der Waals surface area contributed by atoms with Crippen LogP contribution in [-0.2, 0) is 34.5 Å². The van der Waals surface area contributed by atoms with Gasteiger partial charge in [0.1, 0.15) is 6.61 Å². The number of rotatable bonds is 16. The van der Waals surface area contributed by atoms with Crippen LogP contribution in [0.25, 0.3) is 16.5 Å². The number of nitrogens with zero attached hydrogens (tertiary/aromatic N) is 2. The van der Waals surface area contributed by atoms with E-state index in [9.17, 15) is 4.79 Å². The lowest BCUT2D eigenvalue weighted by Crippen LogP contribution is -2.36.